The van der Waals surface area contributed by atoms with Crippen molar-refractivity contribution >= 4 is 17.4 Å². The molecule has 1 atom stereocenters. The average molecular weight is 305 g/mol. The molecule has 1 aromatic heterocycles. The van der Waals surface area contributed by atoms with Crippen LogP contribution in [-0.4, -0.2) is 22.1 Å². The molecule has 0 aliphatic rings. The normalized spacial score (nSPS) is 12.0. The molecule has 0 bridgehead atoms. The van der Waals surface area contributed by atoms with Crippen molar-refractivity contribution in [3.63, 3.8) is 0 Å². The number of amides is 1. The number of nitrogens with one attached hydrogen (secondary N) is 1. The smallest absolute Gasteiger partial charge is 0.265 e. The fourth-order valence-corrected chi connectivity index (χ4v) is 2.63. The van der Waals surface area contributed by atoms with E-state index in [1.165, 1.54) is 0 Å². The molecule has 2 aromatic rings. The van der Waals surface area contributed by atoms with Gasteiger partial charge in [0.05, 0.1) is 18.3 Å². The van der Waals surface area contributed by atoms with Crippen LogP contribution in [0.3, 0.4) is 0 Å². The van der Waals surface area contributed by atoms with Crippen LogP contribution in [0, 0.1) is 0 Å². The summed E-state index contributed by atoms with van der Waals surface area (Å²) < 4.78 is 9.25. The van der Waals surface area contributed by atoms with Gasteiger partial charge in [0.2, 0.25) is 0 Å². The lowest BCUT2D eigenvalue weighted by molar-refractivity contribution is 0.0943. The van der Waals surface area contributed by atoms with E-state index in [0.29, 0.717) is 17.9 Å². The Morgan fingerprint density at radius 2 is 2.05 bits per heavy atom. The molecule has 1 heterocycles. The highest BCUT2D eigenvalue weighted by Crippen LogP contribution is 2.19. The third-order valence-electron chi connectivity index (χ3n) is 3.14. The third kappa shape index (κ3) is 3.78. The number of hydrogen-bond donors (Lipinski definition) is 1. The van der Waals surface area contributed by atoms with E-state index < -0.39 is 0 Å². The van der Waals surface area contributed by atoms with Crippen LogP contribution < -0.4 is 10.1 Å². The molecule has 1 N–H and O–H groups in total. The van der Waals surface area contributed by atoms with E-state index in [2.05, 4.69) is 14.9 Å². The van der Waals surface area contributed by atoms with Gasteiger partial charge in [-0.15, -0.1) is 5.10 Å². The van der Waals surface area contributed by atoms with E-state index in [0.717, 1.165) is 28.5 Å². The van der Waals surface area contributed by atoms with Gasteiger partial charge < -0.3 is 10.1 Å². The monoisotopic (exact) mass is 305 g/mol. The molecule has 0 saturated carbocycles. The quantitative estimate of drug-likeness (QED) is 0.891. The average Bonchev–Trinajstić information content (AvgIpc) is 2.97. The van der Waals surface area contributed by atoms with Gasteiger partial charge in [-0.05, 0) is 49.5 Å². The van der Waals surface area contributed by atoms with Crippen LogP contribution in [0.5, 0.6) is 5.75 Å². The van der Waals surface area contributed by atoms with E-state index in [1.54, 1.807) is 0 Å². The Balaban J connectivity index is 2.03. The van der Waals surface area contributed by atoms with Gasteiger partial charge >= 0.3 is 0 Å². The minimum atomic E-state index is -0.122. The molecule has 112 valence electrons. The molecule has 0 radical (unpaired) electrons. The minimum absolute atomic E-state index is 0.0833. The van der Waals surface area contributed by atoms with Crippen molar-refractivity contribution in [2.45, 2.75) is 33.2 Å². The highest BCUT2D eigenvalue weighted by molar-refractivity contribution is 7.08. The van der Waals surface area contributed by atoms with Gasteiger partial charge in [0.25, 0.3) is 5.91 Å². The van der Waals surface area contributed by atoms with Gasteiger partial charge in [0, 0.05) is 0 Å². The van der Waals surface area contributed by atoms with Crippen LogP contribution in [0.25, 0.3) is 0 Å². The Labute approximate surface area is 128 Å². The van der Waals surface area contributed by atoms with Crippen molar-refractivity contribution in [2.75, 3.05) is 6.61 Å². The maximum absolute atomic E-state index is 12.2. The second-order valence-electron chi connectivity index (χ2n) is 4.60. The fourth-order valence-electron chi connectivity index (χ4n) is 1.98. The zero-order chi connectivity index (χ0) is 15.2. The number of nitrogens with zero attached hydrogens (tertiary/aromatic N) is 2. The van der Waals surface area contributed by atoms with Crippen molar-refractivity contribution in [3.05, 3.63) is 40.4 Å². The zero-order valence-electron chi connectivity index (χ0n) is 12.4. The highest BCUT2D eigenvalue weighted by atomic mass is 32.1. The van der Waals surface area contributed by atoms with Crippen molar-refractivity contribution < 1.29 is 9.53 Å². The molecule has 21 heavy (non-hydrogen) atoms. The Kier molecular flexibility index (Phi) is 5.27. The van der Waals surface area contributed by atoms with Crippen LogP contribution in [0.15, 0.2) is 24.3 Å². The lowest BCUT2D eigenvalue weighted by atomic mass is 10.1. The van der Waals surface area contributed by atoms with E-state index in [4.69, 9.17) is 4.74 Å². The van der Waals surface area contributed by atoms with E-state index in [9.17, 15) is 4.79 Å². The Morgan fingerprint density at radius 3 is 2.67 bits per heavy atom. The molecule has 1 aromatic carbocycles. The number of rotatable bonds is 6. The van der Waals surface area contributed by atoms with Crippen molar-refractivity contribution in [1.29, 1.82) is 0 Å². The first kappa shape index (κ1) is 15.4. The van der Waals surface area contributed by atoms with E-state index in [1.807, 2.05) is 45.0 Å². The summed E-state index contributed by atoms with van der Waals surface area (Å²) in [6, 6.07) is 7.66. The Bertz CT molecular complexity index is 595. The predicted molar refractivity (Wildman–Crippen MR) is 82.8 cm³/mol. The summed E-state index contributed by atoms with van der Waals surface area (Å²) in [6.45, 7) is 6.51. The fraction of sp³-hybridized carbons (Fsp3) is 0.400. The lowest BCUT2D eigenvalue weighted by Crippen LogP contribution is -2.26. The summed E-state index contributed by atoms with van der Waals surface area (Å²) in [5.41, 5.74) is 1.78. The number of carbonyl (C=O) groups excluding carboxylic acids is 1. The summed E-state index contributed by atoms with van der Waals surface area (Å²) in [6.07, 6.45) is 0.705. The van der Waals surface area contributed by atoms with Crippen LogP contribution in [-0.2, 0) is 6.42 Å². The van der Waals surface area contributed by atoms with Crippen LogP contribution >= 0.6 is 11.5 Å². The molecule has 2 rings (SSSR count). The number of ether oxygens (including phenoxy) is 1. The van der Waals surface area contributed by atoms with Crippen molar-refractivity contribution in [3.8, 4) is 5.75 Å². The van der Waals surface area contributed by atoms with Gasteiger partial charge in [-0.25, -0.2) is 0 Å². The van der Waals surface area contributed by atoms with Gasteiger partial charge in [-0.2, -0.15) is 0 Å². The molecule has 6 heteroatoms. The van der Waals surface area contributed by atoms with Gasteiger partial charge in [-0.1, -0.05) is 23.5 Å². The topological polar surface area (TPSA) is 64.1 Å². The summed E-state index contributed by atoms with van der Waals surface area (Å²) in [5, 5.41) is 6.93. The number of hydrogen-bond acceptors (Lipinski definition) is 5. The SMILES string of the molecule is CCOc1ccc([C@@H](C)NC(=O)c2snnc2CC)cc1. The standard InChI is InChI=1S/C15H19N3O2S/c1-4-13-14(21-18-17-13)15(19)16-10(3)11-6-8-12(9-7-11)20-5-2/h6-10H,4-5H2,1-3H3,(H,16,19)/t10-/m1/s1. The summed E-state index contributed by atoms with van der Waals surface area (Å²) in [5.74, 6) is 0.711. The second kappa shape index (κ2) is 7.17. The van der Waals surface area contributed by atoms with E-state index in [-0.39, 0.29) is 11.9 Å². The largest absolute Gasteiger partial charge is 0.494 e. The van der Waals surface area contributed by atoms with Crippen molar-refractivity contribution in [1.82, 2.24) is 14.9 Å². The molecule has 0 saturated heterocycles. The van der Waals surface area contributed by atoms with Crippen LogP contribution in [0.2, 0.25) is 0 Å². The second-order valence-corrected chi connectivity index (χ2v) is 5.35. The van der Waals surface area contributed by atoms with Gasteiger partial charge in [0.1, 0.15) is 10.6 Å². The number of benzene rings is 1. The first-order valence-corrected chi connectivity index (χ1v) is 7.77. The molecular formula is C15H19N3O2S. The first-order chi connectivity index (χ1) is 10.2. The molecular weight excluding hydrogens is 286 g/mol. The summed E-state index contributed by atoms with van der Waals surface area (Å²) in [7, 11) is 0. The predicted octanol–water partition coefficient (Wildman–Crippen LogP) is 2.99. The minimum Gasteiger partial charge on any atom is -0.494 e. The first-order valence-electron chi connectivity index (χ1n) is 7.00. The van der Waals surface area contributed by atoms with Crippen LogP contribution in [0.4, 0.5) is 0 Å². The molecule has 0 aliphatic carbocycles. The van der Waals surface area contributed by atoms with E-state index >= 15 is 0 Å². The Morgan fingerprint density at radius 1 is 1.33 bits per heavy atom. The summed E-state index contributed by atoms with van der Waals surface area (Å²) >= 11 is 1.14. The Hall–Kier alpha value is -1.95. The molecule has 0 aliphatic heterocycles. The number of aryl methyl sites for hydroxylation is 1. The van der Waals surface area contributed by atoms with Crippen molar-refractivity contribution in [2.24, 2.45) is 0 Å². The molecule has 0 fully saturated rings. The lowest BCUT2D eigenvalue weighted by Gasteiger charge is -2.14. The zero-order valence-corrected chi connectivity index (χ0v) is 13.2. The maximum atomic E-state index is 12.2. The van der Waals surface area contributed by atoms with Gasteiger partial charge in [0.15, 0.2) is 0 Å². The molecule has 0 spiro atoms. The number of carbonyl (C=O) groups is 1. The molecule has 1 amide bonds. The molecule has 5 nitrogen and oxygen atoms in total. The van der Waals surface area contributed by atoms with Gasteiger partial charge in [-0.3, -0.25) is 4.79 Å². The summed E-state index contributed by atoms with van der Waals surface area (Å²) in [4.78, 5) is 12.8. The maximum Gasteiger partial charge on any atom is 0.265 e. The number of aromatic nitrogens is 2. The highest BCUT2D eigenvalue weighted by Gasteiger charge is 2.17. The molecule has 0 unspecified atom stereocenters. The third-order valence-corrected chi connectivity index (χ3v) is 3.90. The van der Waals surface area contributed by atoms with Crippen LogP contribution in [0.1, 0.15) is 47.7 Å².